The van der Waals surface area contributed by atoms with Crippen molar-refractivity contribution in [2.45, 2.75) is 52.1 Å². The lowest BCUT2D eigenvalue weighted by atomic mass is 9.76. The largest absolute Gasteiger partial charge is 0.299 e. The second-order valence-electron chi connectivity index (χ2n) is 5.66. The topological polar surface area (TPSA) is 55.4 Å². The van der Waals surface area contributed by atoms with Crippen molar-refractivity contribution < 1.29 is 14.4 Å². The first-order valence-electron chi connectivity index (χ1n) is 6.64. The van der Waals surface area contributed by atoms with Gasteiger partial charge in [-0.05, 0) is 25.3 Å². The molecule has 4 nitrogen and oxygen atoms in total. The molecule has 2 aliphatic rings. The maximum atomic E-state index is 11.5. The molecule has 1 N–H and O–H groups in total. The maximum Gasteiger partial charge on any atom is 0.140 e. The van der Waals surface area contributed by atoms with Crippen molar-refractivity contribution in [2.24, 2.45) is 11.8 Å². The fourth-order valence-corrected chi connectivity index (χ4v) is 2.59. The lowest BCUT2D eigenvalue weighted by Crippen LogP contribution is -2.40. The molecule has 0 amide bonds. The predicted octanol–water partition coefficient (Wildman–Crippen LogP) is 2.15. The zero-order valence-electron chi connectivity index (χ0n) is 11.3. The molecule has 2 rings (SSSR count). The Balaban J connectivity index is 2.15. The van der Waals surface area contributed by atoms with Crippen LogP contribution < -0.4 is 5.48 Å². The van der Waals surface area contributed by atoms with Crippen LogP contribution in [0, 0.1) is 11.8 Å². The molecule has 0 bridgehead atoms. The number of carbonyl (C=O) groups excluding carboxylic acids is 2. The van der Waals surface area contributed by atoms with Gasteiger partial charge in [0.25, 0.3) is 0 Å². The second-order valence-corrected chi connectivity index (χ2v) is 5.66. The number of nitrogens with one attached hydrogen (secondary N) is 1. The lowest BCUT2D eigenvalue weighted by Gasteiger charge is -2.32. The highest BCUT2D eigenvalue weighted by Crippen LogP contribution is 2.37. The number of Topliss-reactive ketones (excluding diaryl/α,β-unsaturated/α-hetero) is 2. The van der Waals surface area contributed by atoms with Crippen LogP contribution >= 0.6 is 0 Å². The van der Waals surface area contributed by atoms with Crippen molar-refractivity contribution in [2.75, 3.05) is 0 Å². The van der Waals surface area contributed by atoms with E-state index in [0.717, 1.165) is 12.1 Å². The molecule has 1 aliphatic heterocycles. The predicted molar refractivity (Wildman–Crippen MR) is 67.5 cm³/mol. The van der Waals surface area contributed by atoms with Gasteiger partial charge in [0, 0.05) is 24.5 Å². The van der Waals surface area contributed by atoms with E-state index in [9.17, 15) is 9.59 Å². The molecule has 0 aromatic heterocycles. The first kappa shape index (κ1) is 13.3. The average molecular weight is 251 g/mol. The standard InChI is InChI=1S/C14H21NO3/c1-4-9(2)13-8-14(3,18-15-13)10-5-11(16)7-12(17)6-10/h8-10,15H,4-7H2,1-3H3. The molecule has 0 aromatic rings. The summed E-state index contributed by atoms with van der Waals surface area (Å²) >= 11 is 0. The Hall–Kier alpha value is -1.16. The highest BCUT2D eigenvalue weighted by molar-refractivity contribution is 6.01. The summed E-state index contributed by atoms with van der Waals surface area (Å²) in [5.74, 6) is 0.431. The summed E-state index contributed by atoms with van der Waals surface area (Å²) in [6.45, 7) is 6.20. The molecular weight excluding hydrogens is 230 g/mol. The summed E-state index contributed by atoms with van der Waals surface area (Å²) in [6, 6.07) is 0. The van der Waals surface area contributed by atoms with Crippen molar-refractivity contribution in [1.29, 1.82) is 0 Å². The molecule has 0 saturated heterocycles. The molecule has 1 fully saturated rings. The van der Waals surface area contributed by atoms with E-state index in [1.807, 2.05) is 6.92 Å². The first-order chi connectivity index (χ1) is 8.44. The van der Waals surface area contributed by atoms with Crippen LogP contribution in [0.4, 0.5) is 0 Å². The summed E-state index contributed by atoms with van der Waals surface area (Å²) < 4.78 is 0. The summed E-state index contributed by atoms with van der Waals surface area (Å²) in [4.78, 5) is 28.7. The van der Waals surface area contributed by atoms with Gasteiger partial charge in [0.2, 0.25) is 0 Å². The van der Waals surface area contributed by atoms with E-state index in [1.54, 1.807) is 0 Å². The van der Waals surface area contributed by atoms with Gasteiger partial charge in [-0.15, -0.1) is 0 Å². The van der Waals surface area contributed by atoms with Gasteiger partial charge < -0.3 is 0 Å². The molecule has 4 heteroatoms. The van der Waals surface area contributed by atoms with Crippen LogP contribution in [0.5, 0.6) is 0 Å². The van der Waals surface area contributed by atoms with Crippen LogP contribution in [0.2, 0.25) is 0 Å². The first-order valence-corrected chi connectivity index (χ1v) is 6.64. The maximum absolute atomic E-state index is 11.5. The summed E-state index contributed by atoms with van der Waals surface area (Å²) in [7, 11) is 0. The molecular formula is C14H21NO3. The normalized spacial score (nSPS) is 31.2. The number of allylic oxidation sites excluding steroid dienone is 1. The van der Waals surface area contributed by atoms with Gasteiger partial charge >= 0.3 is 0 Å². The van der Waals surface area contributed by atoms with Crippen molar-refractivity contribution in [3.63, 3.8) is 0 Å². The van der Waals surface area contributed by atoms with Crippen LogP contribution in [0.1, 0.15) is 46.5 Å². The Kier molecular flexibility index (Phi) is 3.57. The summed E-state index contributed by atoms with van der Waals surface area (Å²) in [5.41, 5.74) is 3.49. The van der Waals surface area contributed by atoms with E-state index in [0.29, 0.717) is 18.8 Å². The van der Waals surface area contributed by atoms with Crippen molar-refractivity contribution in [1.82, 2.24) is 5.48 Å². The van der Waals surface area contributed by atoms with Crippen molar-refractivity contribution in [3.05, 3.63) is 11.8 Å². The van der Waals surface area contributed by atoms with Crippen molar-refractivity contribution >= 4 is 11.6 Å². The van der Waals surface area contributed by atoms with E-state index in [-0.39, 0.29) is 23.9 Å². The molecule has 1 heterocycles. The summed E-state index contributed by atoms with van der Waals surface area (Å²) in [5, 5.41) is 0. The zero-order valence-corrected chi connectivity index (χ0v) is 11.3. The van der Waals surface area contributed by atoms with Gasteiger partial charge in [-0.1, -0.05) is 13.8 Å². The SMILES string of the molecule is CCC(C)C1=CC(C)(C2CC(=O)CC(=O)C2)ON1. The fraction of sp³-hybridized carbons (Fsp3) is 0.714. The van der Waals surface area contributed by atoms with Crippen LogP contribution in [0.15, 0.2) is 11.8 Å². The quantitative estimate of drug-likeness (QED) is 0.781. The van der Waals surface area contributed by atoms with Gasteiger partial charge in [0.1, 0.15) is 17.2 Å². The number of rotatable bonds is 3. The molecule has 2 unspecified atom stereocenters. The number of ketones is 2. The molecule has 18 heavy (non-hydrogen) atoms. The van der Waals surface area contributed by atoms with Gasteiger partial charge in [0.05, 0.1) is 6.42 Å². The Bertz CT molecular complexity index is 386. The van der Waals surface area contributed by atoms with Crippen molar-refractivity contribution in [3.8, 4) is 0 Å². The second kappa shape index (κ2) is 4.84. The van der Waals surface area contributed by atoms with E-state index >= 15 is 0 Å². The minimum Gasteiger partial charge on any atom is -0.299 e. The van der Waals surface area contributed by atoms with E-state index in [1.165, 1.54) is 0 Å². The van der Waals surface area contributed by atoms with E-state index in [2.05, 4.69) is 25.4 Å². The molecule has 1 saturated carbocycles. The third-order valence-electron chi connectivity index (χ3n) is 4.13. The molecule has 0 spiro atoms. The Morgan fingerprint density at radius 2 is 2.06 bits per heavy atom. The molecule has 0 radical (unpaired) electrons. The third kappa shape index (κ3) is 2.48. The monoisotopic (exact) mass is 251 g/mol. The molecule has 2 atom stereocenters. The van der Waals surface area contributed by atoms with Crippen LogP contribution in [0.25, 0.3) is 0 Å². The van der Waals surface area contributed by atoms with Crippen LogP contribution in [-0.4, -0.2) is 17.2 Å². The summed E-state index contributed by atoms with van der Waals surface area (Å²) in [6.07, 6.45) is 4.06. The highest BCUT2D eigenvalue weighted by Gasteiger charge is 2.43. The minimum atomic E-state index is -0.537. The molecule has 0 aromatic carbocycles. The Morgan fingerprint density at radius 3 is 2.61 bits per heavy atom. The molecule has 100 valence electrons. The number of hydrogen-bond acceptors (Lipinski definition) is 4. The van der Waals surface area contributed by atoms with Crippen LogP contribution in [0.3, 0.4) is 0 Å². The average Bonchev–Trinajstić information content (AvgIpc) is 2.71. The number of hydrogen-bond donors (Lipinski definition) is 1. The Morgan fingerprint density at radius 1 is 1.44 bits per heavy atom. The van der Waals surface area contributed by atoms with Crippen LogP contribution in [-0.2, 0) is 14.4 Å². The van der Waals surface area contributed by atoms with E-state index < -0.39 is 5.60 Å². The highest BCUT2D eigenvalue weighted by atomic mass is 16.7. The zero-order chi connectivity index (χ0) is 13.3. The van der Waals surface area contributed by atoms with E-state index in [4.69, 9.17) is 4.84 Å². The smallest absolute Gasteiger partial charge is 0.140 e. The third-order valence-corrected chi connectivity index (χ3v) is 4.13. The number of hydroxylamine groups is 1. The Labute approximate surface area is 108 Å². The molecule has 1 aliphatic carbocycles. The van der Waals surface area contributed by atoms with Gasteiger partial charge in [-0.3, -0.25) is 19.9 Å². The fourth-order valence-electron chi connectivity index (χ4n) is 2.59. The van der Waals surface area contributed by atoms with Gasteiger partial charge in [-0.2, -0.15) is 0 Å². The van der Waals surface area contributed by atoms with Gasteiger partial charge in [0.15, 0.2) is 0 Å². The lowest BCUT2D eigenvalue weighted by molar-refractivity contribution is -0.138. The van der Waals surface area contributed by atoms with Gasteiger partial charge in [-0.25, -0.2) is 0 Å². The number of carbonyl (C=O) groups is 2. The minimum absolute atomic E-state index is 0.0338.